The molecule has 0 spiro atoms. The number of aromatic nitrogens is 3. The first-order valence-corrected chi connectivity index (χ1v) is 7.44. The lowest BCUT2D eigenvalue weighted by Crippen LogP contribution is -2.16. The molecular formula is C17H17N5O2. The number of carbonyl (C=O) groups is 1. The van der Waals surface area contributed by atoms with E-state index in [4.69, 9.17) is 4.52 Å². The van der Waals surface area contributed by atoms with Crippen molar-refractivity contribution in [2.24, 2.45) is 0 Å². The summed E-state index contributed by atoms with van der Waals surface area (Å²) in [5, 5.41) is 9.61. The zero-order valence-corrected chi connectivity index (χ0v) is 13.6. The average Bonchev–Trinajstić information content (AvgIpc) is 2.96. The van der Waals surface area contributed by atoms with Crippen LogP contribution in [0.3, 0.4) is 0 Å². The van der Waals surface area contributed by atoms with Gasteiger partial charge in [0, 0.05) is 18.0 Å². The number of nitrogens with one attached hydrogen (secondary N) is 2. The van der Waals surface area contributed by atoms with Crippen LogP contribution in [0.4, 0.5) is 17.5 Å². The van der Waals surface area contributed by atoms with E-state index < -0.39 is 0 Å². The second-order valence-electron chi connectivity index (χ2n) is 5.43. The summed E-state index contributed by atoms with van der Waals surface area (Å²) < 4.78 is 4.97. The van der Waals surface area contributed by atoms with Crippen LogP contribution in [0.1, 0.15) is 27.4 Å². The van der Waals surface area contributed by atoms with Crippen LogP contribution in [0.15, 0.2) is 41.1 Å². The van der Waals surface area contributed by atoms with Crippen LogP contribution < -0.4 is 10.6 Å². The van der Waals surface area contributed by atoms with Crippen LogP contribution in [0, 0.1) is 20.8 Å². The molecule has 0 radical (unpaired) electrons. The number of anilines is 3. The Labute approximate surface area is 139 Å². The zero-order chi connectivity index (χ0) is 17.1. The average molecular weight is 323 g/mol. The molecule has 0 atom stereocenters. The Morgan fingerprint density at radius 2 is 1.88 bits per heavy atom. The van der Waals surface area contributed by atoms with Crippen LogP contribution in [-0.4, -0.2) is 21.0 Å². The van der Waals surface area contributed by atoms with Gasteiger partial charge in [-0.1, -0.05) is 23.4 Å². The van der Waals surface area contributed by atoms with Crippen molar-refractivity contribution in [2.75, 3.05) is 10.6 Å². The molecule has 0 aliphatic rings. The summed E-state index contributed by atoms with van der Waals surface area (Å²) in [6.45, 7) is 5.68. The van der Waals surface area contributed by atoms with Crippen LogP contribution >= 0.6 is 0 Å². The molecule has 0 fully saturated rings. The molecular weight excluding hydrogens is 306 g/mol. The summed E-state index contributed by atoms with van der Waals surface area (Å²) in [6, 6.07) is 9.12. The normalized spacial score (nSPS) is 10.5. The van der Waals surface area contributed by atoms with Crippen molar-refractivity contribution in [3.05, 3.63) is 59.1 Å². The summed E-state index contributed by atoms with van der Waals surface area (Å²) in [5.74, 6) is 1.13. The third kappa shape index (κ3) is 3.40. The molecule has 7 nitrogen and oxygen atoms in total. The van der Waals surface area contributed by atoms with Crippen LogP contribution in [0.2, 0.25) is 0 Å². The Morgan fingerprint density at radius 1 is 1.12 bits per heavy atom. The summed E-state index contributed by atoms with van der Waals surface area (Å²) >= 11 is 0. The van der Waals surface area contributed by atoms with E-state index in [9.17, 15) is 4.79 Å². The number of rotatable bonds is 4. The quantitative estimate of drug-likeness (QED) is 0.764. The van der Waals surface area contributed by atoms with Gasteiger partial charge in [0.2, 0.25) is 5.95 Å². The third-order valence-corrected chi connectivity index (χ3v) is 3.48. The van der Waals surface area contributed by atoms with Crippen molar-refractivity contribution < 1.29 is 9.32 Å². The Kier molecular flexibility index (Phi) is 4.24. The number of benzene rings is 1. The molecule has 0 aliphatic carbocycles. The van der Waals surface area contributed by atoms with Crippen molar-refractivity contribution in [2.45, 2.75) is 20.8 Å². The van der Waals surface area contributed by atoms with Gasteiger partial charge < -0.3 is 15.2 Å². The van der Waals surface area contributed by atoms with E-state index in [1.807, 2.05) is 32.0 Å². The molecule has 2 N–H and O–H groups in total. The maximum Gasteiger partial charge on any atom is 0.274 e. The van der Waals surface area contributed by atoms with Gasteiger partial charge in [0.1, 0.15) is 11.5 Å². The summed E-state index contributed by atoms with van der Waals surface area (Å²) in [4.78, 5) is 20.8. The Balaban J connectivity index is 1.79. The SMILES string of the molecule is Cc1cc(Nc2nccc(C(=O)Nc3c(C)cccc3C)n2)no1. The van der Waals surface area contributed by atoms with Crippen molar-refractivity contribution >= 4 is 23.4 Å². The predicted octanol–water partition coefficient (Wildman–Crippen LogP) is 3.39. The Morgan fingerprint density at radius 3 is 2.54 bits per heavy atom. The highest BCUT2D eigenvalue weighted by Gasteiger charge is 2.12. The van der Waals surface area contributed by atoms with E-state index in [1.54, 1.807) is 19.1 Å². The van der Waals surface area contributed by atoms with Crippen molar-refractivity contribution in [1.29, 1.82) is 0 Å². The molecule has 0 bridgehead atoms. The highest BCUT2D eigenvalue weighted by atomic mass is 16.5. The fourth-order valence-corrected chi connectivity index (χ4v) is 2.27. The molecule has 1 aromatic carbocycles. The van der Waals surface area contributed by atoms with Crippen LogP contribution in [-0.2, 0) is 0 Å². The van der Waals surface area contributed by atoms with E-state index in [2.05, 4.69) is 25.8 Å². The second kappa shape index (κ2) is 6.49. The van der Waals surface area contributed by atoms with Gasteiger partial charge >= 0.3 is 0 Å². The molecule has 0 aliphatic heterocycles. The molecule has 7 heteroatoms. The molecule has 24 heavy (non-hydrogen) atoms. The topological polar surface area (TPSA) is 92.9 Å². The Hall–Kier alpha value is -3.22. The maximum atomic E-state index is 12.5. The molecule has 0 unspecified atom stereocenters. The molecule has 2 aromatic heterocycles. The number of nitrogens with zero attached hydrogens (tertiary/aromatic N) is 3. The number of hydrogen-bond acceptors (Lipinski definition) is 6. The fourth-order valence-electron chi connectivity index (χ4n) is 2.27. The zero-order valence-electron chi connectivity index (χ0n) is 13.6. The molecule has 3 aromatic rings. The van der Waals surface area contributed by atoms with Gasteiger partial charge in [-0.2, -0.15) is 0 Å². The highest BCUT2D eigenvalue weighted by molar-refractivity contribution is 6.03. The first-order chi connectivity index (χ1) is 11.5. The first-order valence-electron chi connectivity index (χ1n) is 7.44. The molecule has 2 heterocycles. The van der Waals surface area contributed by atoms with E-state index in [0.717, 1.165) is 16.8 Å². The summed E-state index contributed by atoms with van der Waals surface area (Å²) in [5.41, 5.74) is 3.04. The third-order valence-electron chi connectivity index (χ3n) is 3.48. The molecule has 122 valence electrons. The lowest BCUT2D eigenvalue weighted by molar-refractivity contribution is 0.102. The van der Waals surface area contributed by atoms with Gasteiger partial charge in [0.15, 0.2) is 5.82 Å². The smallest absolute Gasteiger partial charge is 0.274 e. The number of hydrogen-bond donors (Lipinski definition) is 2. The fraction of sp³-hybridized carbons (Fsp3) is 0.176. The van der Waals surface area contributed by atoms with E-state index in [0.29, 0.717) is 11.6 Å². The minimum Gasteiger partial charge on any atom is -0.360 e. The van der Waals surface area contributed by atoms with Crippen molar-refractivity contribution in [3.8, 4) is 0 Å². The largest absolute Gasteiger partial charge is 0.360 e. The maximum absolute atomic E-state index is 12.5. The minimum atomic E-state index is -0.297. The lowest BCUT2D eigenvalue weighted by atomic mass is 10.1. The standard InChI is InChI=1S/C17H17N5O2/c1-10-5-4-6-11(2)15(10)21-16(23)13-7-8-18-17(19-13)20-14-9-12(3)24-22-14/h4-9H,1-3H3,(H,21,23)(H,18,19,20,22). The molecule has 0 saturated carbocycles. The van der Waals surface area contributed by atoms with Crippen LogP contribution in [0.5, 0.6) is 0 Å². The number of amides is 1. The van der Waals surface area contributed by atoms with Gasteiger partial charge in [0.25, 0.3) is 5.91 Å². The van der Waals surface area contributed by atoms with E-state index in [1.165, 1.54) is 6.20 Å². The minimum absolute atomic E-state index is 0.260. The van der Waals surface area contributed by atoms with Crippen molar-refractivity contribution in [3.63, 3.8) is 0 Å². The molecule has 0 saturated heterocycles. The number of para-hydroxylation sites is 1. The lowest BCUT2D eigenvalue weighted by Gasteiger charge is -2.11. The first kappa shape index (κ1) is 15.7. The van der Waals surface area contributed by atoms with Gasteiger partial charge in [-0.15, -0.1) is 0 Å². The van der Waals surface area contributed by atoms with E-state index in [-0.39, 0.29) is 17.5 Å². The van der Waals surface area contributed by atoms with Crippen LogP contribution in [0.25, 0.3) is 0 Å². The molecule has 1 amide bonds. The summed E-state index contributed by atoms with van der Waals surface area (Å²) in [6.07, 6.45) is 1.52. The predicted molar refractivity (Wildman–Crippen MR) is 90.4 cm³/mol. The number of aryl methyl sites for hydroxylation is 3. The monoisotopic (exact) mass is 323 g/mol. The summed E-state index contributed by atoms with van der Waals surface area (Å²) in [7, 11) is 0. The highest BCUT2D eigenvalue weighted by Crippen LogP contribution is 2.20. The number of carbonyl (C=O) groups excluding carboxylic acids is 1. The Bertz CT molecular complexity index is 868. The van der Waals surface area contributed by atoms with E-state index >= 15 is 0 Å². The molecule has 3 rings (SSSR count). The van der Waals surface area contributed by atoms with Gasteiger partial charge in [-0.3, -0.25) is 4.79 Å². The van der Waals surface area contributed by atoms with Gasteiger partial charge in [0.05, 0.1) is 0 Å². The van der Waals surface area contributed by atoms with Gasteiger partial charge in [-0.05, 0) is 38.0 Å². The van der Waals surface area contributed by atoms with Gasteiger partial charge in [-0.25, -0.2) is 9.97 Å². The second-order valence-corrected chi connectivity index (χ2v) is 5.43. The van der Waals surface area contributed by atoms with Crippen molar-refractivity contribution in [1.82, 2.24) is 15.1 Å².